The van der Waals surface area contributed by atoms with Gasteiger partial charge in [0.15, 0.2) is 0 Å². The van der Waals surface area contributed by atoms with Crippen molar-refractivity contribution in [3.8, 4) is 5.69 Å². The second-order valence-corrected chi connectivity index (χ2v) is 7.39. The first-order valence-corrected chi connectivity index (χ1v) is 10.3. The first kappa shape index (κ1) is 23.0. The van der Waals surface area contributed by atoms with Crippen LogP contribution >= 0.6 is 11.6 Å². The Morgan fingerprint density at radius 2 is 1.81 bits per heavy atom. The smallest absolute Gasteiger partial charge is 0.340 e. The van der Waals surface area contributed by atoms with E-state index in [1.165, 1.54) is 19.4 Å². The molecule has 3 aromatic rings. The number of esters is 1. The fraction of sp³-hybridized carbons (Fsp3) is 0.217. The van der Waals surface area contributed by atoms with Crippen LogP contribution in [0.15, 0.2) is 65.6 Å². The van der Waals surface area contributed by atoms with Crippen LogP contribution in [0.4, 0.5) is 5.69 Å². The van der Waals surface area contributed by atoms with E-state index < -0.39 is 11.5 Å². The minimum atomic E-state index is -0.597. The number of hydrogen-bond acceptors (Lipinski definition) is 6. The highest BCUT2D eigenvalue weighted by Gasteiger charge is 2.17. The molecule has 166 valence electrons. The molecule has 1 N–H and O–H groups in total. The summed E-state index contributed by atoms with van der Waals surface area (Å²) in [4.78, 5) is 38.8. The van der Waals surface area contributed by atoms with E-state index in [9.17, 15) is 14.4 Å². The molecule has 1 aromatic heterocycles. The van der Waals surface area contributed by atoms with Gasteiger partial charge in [-0.2, -0.15) is 9.78 Å². The van der Waals surface area contributed by atoms with Gasteiger partial charge in [-0.1, -0.05) is 54.1 Å². The van der Waals surface area contributed by atoms with Crippen LogP contribution in [0.2, 0.25) is 5.02 Å². The van der Waals surface area contributed by atoms with Gasteiger partial charge in [0.25, 0.3) is 5.56 Å². The molecule has 0 aliphatic rings. The fourth-order valence-electron chi connectivity index (χ4n) is 3.11. The molecule has 0 atom stereocenters. The molecule has 0 saturated carbocycles. The summed E-state index contributed by atoms with van der Waals surface area (Å²) in [7, 11) is 3.00. The summed E-state index contributed by atoms with van der Waals surface area (Å²) in [5, 5.41) is 7.02. The van der Waals surface area contributed by atoms with Crippen LogP contribution in [-0.4, -0.2) is 47.3 Å². The maximum absolute atomic E-state index is 12.8. The molecule has 0 unspecified atom stereocenters. The van der Waals surface area contributed by atoms with E-state index in [1.807, 2.05) is 30.3 Å². The standard InChI is InChI=1S/C23H23ClN4O4/c1-27(15-16-8-4-3-5-9-16)20(29)12-13-25-18-14-26-28(22(30)21(18)24)19-11-7-6-10-17(19)23(31)32-2/h3-11,14,25H,12-13,15H2,1-2H3. The Bertz CT molecular complexity index is 1160. The predicted octanol–water partition coefficient (Wildman–Crippen LogP) is 3.13. The number of methoxy groups -OCH3 is 1. The van der Waals surface area contributed by atoms with Crippen molar-refractivity contribution in [2.75, 3.05) is 26.0 Å². The number of hydrogen-bond donors (Lipinski definition) is 1. The number of anilines is 1. The van der Waals surface area contributed by atoms with Gasteiger partial charge in [0.2, 0.25) is 5.91 Å². The van der Waals surface area contributed by atoms with E-state index in [4.69, 9.17) is 16.3 Å². The van der Waals surface area contributed by atoms with Gasteiger partial charge in [-0.15, -0.1) is 0 Å². The van der Waals surface area contributed by atoms with E-state index in [2.05, 4.69) is 10.4 Å². The summed E-state index contributed by atoms with van der Waals surface area (Å²) in [5.41, 5.74) is 1.20. The average molecular weight is 455 g/mol. The number of rotatable bonds is 8. The molecule has 1 heterocycles. The second kappa shape index (κ2) is 10.6. The summed E-state index contributed by atoms with van der Waals surface area (Å²) in [5.74, 6) is -0.642. The van der Waals surface area contributed by atoms with Crippen LogP contribution < -0.4 is 10.9 Å². The highest BCUT2D eigenvalue weighted by Crippen LogP contribution is 2.19. The molecule has 0 fully saturated rings. The van der Waals surface area contributed by atoms with Gasteiger partial charge in [0.1, 0.15) is 5.02 Å². The van der Waals surface area contributed by atoms with Crippen molar-refractivity contribution in [1.82, 2.24) is 14.7 Å². The zero-order chi connectivity index (χ0) is 23.1. The number of nitrogens with one attached hydrogen (secondary N) is 1. The van der Waals surface area contributed by atoms with E-state index in [0.717, 1.165) is 10.2 Å². The Morgan fingerprint density at radius 1 is 1.12 bits per heavy atom. The quantitative estimate of drug-likeness (QED) is 0.525. The number of carbonyl (C=O) groups is 2. The van der Waals surface area contributed by atoms with E-state index in [1.54, 1.807) is 30.1 Å². The zero-order valence-electron chi connectivity index (χ0n) is 17.7. The number of nitrogens with zero attached hydrogens (tertiary/aromatic N) is 3. The molecule has 32 heavy (non-hydrogen) atoms. The average Bonchev–Trinajstić information content (AvgIpc) is 2.82. The van der Waals surface area contributed by atoms with Crippen molar-refractivity contribution < 1.29 is 14.3 Å². The number of amides is 1. The molecule has 0 aliphatic heterocycles. The topological polar surface area (TPSA) is 93.5 Å². The minimum Gasteiger partial charge on any atom is -0.465 e. The second-order valence-electron chi connectivity index (χ2n) is 7.01. The molecule has 0 saturated heterocycles. The molecule has 1 amide bonds. The van der Waals surface area contributed by atoms with Crippen molar-refractivity contribution in [1.29, 1.82) is 0 Å². The molecule has 2 aromatic carbocycles. The Kier molecular flexibility index (Phi) is 7.62. The van der Waals surface area contributed by atoms with Crippen molar-refractivity contribution in [2.45, 2.75) is 13.0 Å². The third kappa shape index (κ3) is 5.33. The van der Waals surface area contributed by atoms with Gasteiger partial charge < -0.3 is 15.0 Å². The van der Waals surface area contributed by atoms with Gasteiger partial charge in [-0.3, -0.25) is 9.59 Å². The molecule has 0 aliphatic carbocycles. The number of ether oxygens (including phenoxy) is 1. The van der Waals surface area contributed by atoms with Gasteiger partial charge in [-0.25, -0.2) is 4.79 Å². The lowest BCUT2D eigenvalue weighted by Crippen LogP contribution is -2.28. The van der Waals surface area contributed by atoms with Crippen molar-refractivity contribution in [3.05, 3.63) is 87.3 Å². The normalized spacial score (nSPS) is 10.5. The highest BCUT2D eigenvalue weighted by atomic mass is 35.5. The van der Waals surface area contributed by atoms with Crippen LogP contribution in [0.5, 0.6) is 0 Å². The number of halogens is 1. The lowest BCUT2D eigenvalue weighted by molar-refractivity contribution is -0.130. The summed E-state index contributed by atoms with van der Waals surface area (Å²) in [6.07, 6.45) is 1.60. The van der Waals surface area contributed by atoms with Gasteiger partial charge in [0, 0.05) is 26.6 Å². The number of para-hydroxylation sites is 1. The molecule has 0 radical (unpaired) electrons. The Balaban J connectivity index is 1.67. The highest BCUT2D eigenvalue weighted by molar-refractivity contribution is 6.33. The van der Waals surface area contributed by atoms with Crippen molar-refractivity contribution in [2.24, 2.45) is 0 Å². The van der Waals surface area contributed by atoms with Crippen LogP contribution in [0.25, 0.3) is 5.69 Å². The van der Waals surface area contributed by atoms with E-state index in [-0.39, 0.29) is 35.1 Å². The third-order valence-electron chi connectivity index (χ3n) is 4.80. The van der Waals surface area contributed by atoms with Crippen molar-refractivity contribution >= 4 is 29.2 Å². The first-order chi connectivity index (χ1) is 15.4. The minimum absolute atomic E-state index is 0.0502. The zero-order valence-corrected chi connectivity index (χ0v) is 18.5. The first-order valence-electron chi connectivity index (χ1n) is 9.89. The summed E-state index contributed by atoms with van der Waals surface area (Å²) < 4.78 is 5.80. The van der Waals surface area contributed by atoms with Crippen LogP contribution in [0.3, 0.4) is 0 Å². The number of benzene rings is 2. The Hall–Kier alpha value is -3.65. The summed E-state index contributed by atoms with van der Waals surface area (Å²) >= 11 is 6.25. The fourth-order valence-corrected chi connectivity index (χ4v) is 3.30. The Morgan fingerprint density at radius 3 is 2.53 bits per heavy atom. The Labute approximate surface area is 190 Å². The maximum atomic E-state index is 12.8. The van der Waals surface area contributed by atoms with Crippen molar-refractivity contribution in [3.63, 3.8) is 0 Å². The molecule has 9 heteroatoms. The predicted molar refractivity (Wildman–Crippen MR) is 122 cm³/mol. The third-order valence-corrected chi connectivity index (χ3v) is 5.16. The lowest BCUT2D eigenvalue weighted by atomic mass is 10.2. The largest absolute Gasteiger partial charge is 0.465 e. The van der Waals surface area contributed by atoms with Gasteiger partial charge in [0.05, 0.1) is 30.2 Å². The number of carbonyl (C=O) groups excluding carboxylic acids is 2. The maximum Gasteiger partial charge on any atom is 0.340 e. The number of aromatic nitrogens is 2. The molecule has 0 spiro atoms. The van der Waals surface area contributed by atoms with Crippen LogP contribution in [0.1, 0.15) is 22.3 Å². The van der Waals surface area contributed by atoms with Crippen LogP contribution in [0, 0.1) is 0 Å². The lowest BCUT2D eigenvalue weighted by Gasteiger charge is -2.18. The van der Waals surface area contributed by atoms with Gasteiger partial charge >= 0.3 is 5.97 Å². The molecule has 8 nitrogen and oxygen atoms in total. The van der Waals surface area contributed by atoms with Crippen LogP contribution in [-0.2, 0) is 16.1 Å². The molecular weight excluding hydrogens is 432 g/mol. The molecular formula is C23H23ClN4O4. The molecule has 3 rings (SSSR count). The van der Waals surface area contributed by atoms with E-state index >= 15 is 0 Å². The molecule has 0 bridgehead atoms. The van der Waals surface area contributed by atoms with E-state index in [0.29, 0.717) is 12.2 Å². The summed E-state index contributed by atoms with van der Waals surface area (Å²) in [6, 6.07) is 16.1. The SMILES string of the molecule is COC(=O)c1ccccc1-n1ncc(NCCC(=O)N(C)Cc2ccccc2)c(Cl)c1=O. The monoisotopic (exact) mass is 454 g/mol. The van der Waals surface area contributed by atoms with Gasteiger partial charge in [-0.05, 0) is 17.7 Å². The summed E-state index contributed by atoms with van der Waals surface area (Å²) in [6.45, 7) is 0.791.